The highest BCUT2D eigenvalue weighted by Crippen LogP contribution is 2.18. The molecule has 0 bridgehead atoms. The molecule has 0 aliphatic rings. The third-order valence-corrected chi connectivity index (χ3v) is 4.14. The quantitative estimate of drug-likeness (QED) is 0.799. The zero-order valence-electron chi connectivity index (χ0n) is 13.8. The largest absolute Gasteiger partial charge is 0.325 e. The number of rotatable bonds is 4. The van der Waals surface area contributed by atoms with Gasteiger partial charge < -0.3 is 9.72 Å². The minimum atomic E-state index is -0.0164. The molecule has 0 saturated heterocycles. The molecule has 0 saturated carbocycles. The van der Waals surface area contributed by atoms with E-state index in [4.69, 9.17) is 0 Å². The Hall–Kier alpha value is -2.62. The lowest BCUT2D eigenvalue weighted by molar-refractivity contribution is -0.115. The number of nitrogens with zero attached hydrogens (tertiary/aromatic N) is 2. The van der Waals surface area contributed by atoms with Gasteiger partial charge in [0.25, 0.3) is 0 Å². The molecule has 0 aliphatic heterocycles. The van der Waals surface area contributed by atoms with Gasteiger partial charge in [0, 0.05) is 11.9 Å². The summed E-state index contributed by atoms with van der Waals surface area (Å²) in [5, 5.41) is 3.03. The van der Waals surface area contributed by atoms with Gasteiger partial charge >= 0.3 is 0 Å². The van der Waals surface area contributed by atoms with Gasteiger partial charge in [0.1, 0.15) is 5.65 Å². The summed E-state index contributed by atoms with van der Waals surface area (Å²) in [5.41, 5.74) is 5.91. The fourth-order valence-electron chi connectivity index (χ4n) is 2.88. The number of para-hydroxylation sites is 1. The van der Waals surface area contributed by atoms with Crippen LogP contribution in [0.2, 0.25) is 0 Å². The molecule has 0 unspecified atom stereocenters. The van der Waals surface area contributed by atoms with Crippen LogP contribution in [0.15, 0.2) is 42.6 Å². The number of nitrogens with one attached hydrogen (secondary N) is 1. The van der Waals surface area contributed by atoms with Crippen molar-refractivity contribution < 1.29 is 4.79 Å². The highest BCUT2D eigenvalue weighted by Gasteiger charge is 2.14. The lowest BCUT2D eigenvalue weighted by Gasteiger charge is -2.10. The predicted octanol–water partition coefficient (Wildman–Crippen LogP) is 3.69. The van der Waals surface area contributed by atoms with E-state index in [-0.39, 0.29) is 5.91 Å². The molecule has 1 aromatic carbocycles. The molecule has 0 aliphatic carbocycles. The minimum absolute atomic E-state index is 0.0164. The summed E-state index contributed by atoms with van der Waals surface area (Å²) in [5.74, 6) is -0.0164. The monoisotopic (exact) mass is 307 g/mol. The van der Waals surface area contributed by atoms with Crippen LogP contribution in [0.5, 0.6) is 0 Å². The highest BCUT2D eigenvalue weighted by molar-refractivity contribution is 5.93. The smallest absolute Gasteiger partial charge is 0.230 e. The van der Waals surface area contributed by atoms with Gasteiger partial charge in [-0.25, -0.2) is 4.98 Å². The SMILES string of the molecule is CCc1ccccc1NC(=O)Cc1c(C)nc2c(C)cccn12. The number of pyridine rings is 1. The van der Waals surface area contributed by atoms with Gasteiger partial charge in [0.15, 0.2) is 0 Å². The van der Waals surface area contributed by atoms with Crippen molar-refractivity contribution in [1.29, 1.82) is 0 Å². The van der Waals surface area contributed by atoms with Gasteiger partial charge in [-0.3, -0.25) is 4.79 Å². The van der Waals surface area contributed by atoms with E-state index in [1.165, 1.54) is 0 Å². The standard InChI is InChI=1S/C19H21N3O/c1-4-15-9-5-6-10-16(15)21-18(23)12-17-14(3)20-19-13(2)8-7-11-22(17)19/h5-11H,4,12H2,1-3H3,(H,21,23). The van der Waals surface area contributed by atoms with Crippen molar-refractivity contribution in [3.63, 3.8) is 0 Å². The molecule has 118 valence electrons. The zero-order valence-corrected chi connectivity index (χ0v) is 13.8. The van der Waals surface area contributed by atoms with E-state index in [0.717, 1.165) is 40.3 Å². The molecule has 0 atom stereocenters. The molecular formula is C19H21N3O. The van der Waals surface area contributed by atoms with Crippen molar-refractivity contribution in [3.05, 3.63) is 65.1 Å². The number of amides is 1. The topological polar surface area (TPSA) is 46.4 Å². The molecule has 4 heteroatoms. The highest BCUT2D eigenvalue weighted by atomic mass is 16.1. The molecule has 1 N–H and O–H groups in total. The average molecular weight is 307 g/mol. The Labute approximate surface area is 136 Å². The first-order chi connectivity index (χ1) is 11.1. The van der Waals surface area contributed by atoms with Crippen molar-refractivity contribution in [3.8, 4) is 0 Å². The van der Waals surface area contributed by atoms with Crippen molar-refractivity contribution in [2.75, 3.05) is 5.32 Å². The second-order valence-electron chi connectivity index (χ2n) is 5.76. The van der Waals surface area contributed by atoms with E-state index in [1.807, 2.05) is 60.8 Å². The fraction of sp³-hybridized carbons (Fsp3) is 0.263. The van der Waals surface area contributed by atoms with Gasteiger partial charge in [-0.05, 0) is 43.5 Å². The first-order valence-electron chi connectivity index (χ1n) is 7.91. The van der Waals surface area contributed by atoms with Crippen LogP contribution in [-0.4, -0.2) is 15.3 Å². The van der Waals surface area contributed by atoms with Crippen LogP contribution >= 0.6 is 0 Å². The number of carbonyl (C=O) groups is 1. The van der Waals surface area contributed by atoms with E-state index >= 15 is 0 Å². The molecular weight excluding hydrogens is 286 g/mol. The molecule has 23 heavy (non-hydrogen) atoms. The number of hydrogen-bond acceptors (Lipinski definition) is 2. The van der Waals surface area contributed by atoms with E-state index in [0.29, 0.717) is 6.42 Å². The van der Waals surface area contributed by atoms with Crippen molar-refractivity contribution in [2.45, 2.75) is 33.6 Å². The maximum atomic E-state index is 12.5. The second kappa shape index (κ2) is 6.24. The Balaban J connectivity index is 1.86. The number of aromatic nitrogens is 2. The summed E-state index contributed by atoms with van der Waals surface area (Å²) in [6, 6.07) is 11.9. The summed E-state index contributed by atoms with van der Waals surface area (Å²) < 4.78 is 2.01. The zero-order chi connectivity index (χ0) is 16.4. The minimum Gasteiger partial charge on any atom is -0.325 e. The first-order valence-corrected chi connectivity index (χ1v) is 7.91. The number of imidazole rings is 1. The molecule has 2 heterocycles. The lowest BCUT2D eigenvalue weighted by atomic mass is 10.1. The van der Waals surface area contributed by atoms with Crippen molar-refractivity contribution in [1.82, 2.24) is 9.38 Å². The van der Waals surface area contributed by atoms with Gasteiger partial charge in [0.05, 0.1) is 17.8 Å². The van der Waals surface area contributed by atoms with E-state index in [2.05, 4.69) is 17.2 Å². The number of fused-ring (bicyclic) bond motifs is 1. The number of carbonyl (C=O) groups excluding carboxylic acids is 1. The summed E-state index contributed by atoms with van der Waals surface area (Å²) in [6.07, 6.45) is 3.17. The predicted molar refractivity (Wildman–Crippen MR) is 92.8 cm³/mol. The molecule has 4 nitrogen and oxygen atoms in total. The number of hydrogen-bond donors (Lipinski definition) is 1. The third-order valence-electron chi connectivity index (χ3n) is 4.14. The summed E-state index contributed by atoms with van der Waals surface area (Å²) >= 11 is 0. The number of benzene rings is 1. The van der Waals surface area contributed by atoms with Crippen molar-refractivity contribution in [2.24, 2.45) is 0 Å². The van der Waals surface area contributed by atoms with Crippen molar-refractivity contribution >= 4 is 17.2 Å². The Bertz CT molecular complexity index is 864. The Kier molecular flexibility index (Phi) is 4.15. The van der Waals surface area contributed by atoms with Crippen LogP contribution < -0.4 is 5.32 Å². The molecule has 3 aromatic rings. The second-order valence-corrected chi connectivity index (χ2v) is 5.76. The third kappa shape index (κ3) is 2.97. The van der Waals surface area contributed by atoms with Crippen LogP contribution in [0.25, 0.3) is 5.65 Å². The normalized spacial score (nSPS) is 10.9. The van der Waals surface area contributed by atoms with Gasteiger partial charge in [-0.15, -0.1) is 0 Å². The molecule has 0 spiro atoms. The Morgan fingerprint density at radius 3 is 2.74 bits per heavy atom. The van der Waals surface area contributed by atoms with Crippen LogP contribution in [-0.2, 0) is 17.6 Å². The maximum Gasteiger partial charge on any atom is 0.230 e. The molecule has 0 radical (unpaired) electrons. The van der Waals surface area contributed by atoms with E-state index < -0.39 is 0 Å². The average Bonchev–Trinajstić information content (AvgIpc) is 2.86. The van der Waals surface area contributed by atoms with Gasteiger partial charge in [-0.1, -0.05) is 31.2 Å². The summed E-state index contributed by atoms with van der Waals surface area (Å²) in [4.78, 5) is 17.1. The van der Waals surface area contributed by atoms with Crippen LogP contribution in [0.3, 0.4) is 0 Å². The van der Waals surface area contributed by atoms with Gasteiger partial charge in [0.2, 0.25) is 5.91 Å². The van der Waals surface area contributed by atoms with E-state index in [9.17, 15) is 4.79 Å². The molecule has 3 rings (SSSR count). The summed E-state index contributed by atoms with van der Waals surface area (Å²) in [7, 11) is 0. The fourth-order valence-corrected chi connectivity index (χ4v) is 2.88. The molecule has 1 amide bonds. The number of anilines is 1. The molecule has 0 fully saturated rings. The Morgan fingerprint density at radius 2 is 1.96 bits per heavy atom. The first kappa shape index (κ1) is 15.3. The maximum absolute atomic E-state index is 12.5. The lowest BCUT2D eigenvalue weighted by Crippen LogP contribution is -2.17. The number of aryl methyl sites for hydroxylation is 3. The molecule has 2 aromatic heterocycles. The van der Waals surface area contributed by atoms with E-state index in [1.54, 1.807) is 0 Å². The van der Waals surface area contributed by atoms with Crippen LogP contribution in [0.4, 0.5) is 5.69 Å². The van der Waals surface area contributed by atoms with Crippen LogP contribution in [0, 0.1) is 13.8 Å². The van der Waals surface area contributed by atoms with Crippen LogP contribution in [0.1, 0.15) is 29.4 Å². The van der Waals surface area contributed by atoms with Gasteiger partial charge in [-0.2, -0.15) is 0 Å². The Morgan fingerprint density at radius 1 is 1.17 bits per heavy atom. The summed E-state index contributed by atoms with van der Waals surface area (Å²) in [6.45, 7) is 6.07.